The molecule has 10 heteroatoms. The number of carbonyl (C=O) groups is 1. The van der Waals surface area contributed by atoms with Crippen LogP contribution < -0.4 is 15.8 Å². The molecule has 1 aliphatic rings. The van der Waals surface area contributed by atoms with Crippen LogP contribution in [0.3, 0.4) is 0 Å². The number of aryl methyl sites for hydroxylation is 1. The molecule has 8 nitrogen and oxygen atoms in total. The van der Waals surface area contributed by atoms with E-state index in [0.29, 0.717) is 23.4 Å². The summed E-state index contributed by atoms with van der Waals surface area (Å²) in [5.74, 6) is -0.638. The smallest absolute Gasteiger partial charge is 0.238 e. The maximum absolute atomic E-state index is 14.3. The summed E-state index contributed by atoms with van der Waals surface area (Å²) in [6.45, 7) is 0. The van der Waals surface area contributed by atoms with Crippen LogP contribution in [0.1, 0.15) is 28.8 Å². The Morgan fingerprint density at radius 2 is 1.83 bits per heavy atom. The minimum atomic E-state index is -3.87. The van der Waals surface area contributed by atoms with Crippen LogP contribution in [0, 0.1) is 5.82 Å². The molecule has 0 radical (unpaired) electrons. The van der Waals surface area contributed by atoms with Crippen LogP contribution in [0.15, 0.2) is 53.6 Å². The van der Waals surface area contributed by atoms with E-state index in [2.05, 4.69) is 20.6 Å². The molecule has 0 atom stereocenters. The van der Waals surface area contributed by atoms with E-state index in [1.54, 1.807) is 18.2 Å². The molecule has 4 rings (SSSR count). The Hall–Kier alpha value is -3.37. The van der Waals surface area contributed by atoms with E-state index in [1.807, 2.05) is 6.07 Å². The number of aromatic nitrogens is 2. The van der Waals surface area contributed by atoms with Crippen LogP contribution in [0.4, 0.5) is 27.5 Å². The number of hydrogen-bond donors (Lipinski definition) is 3. The molecule has 0 fully saturated rings. The van der Waals surface area contributed by atoms with Crippen molar-refractivity contribution in [2.24, 2.45) is 5.14 Å². The highest BCUT2D eigenvalue weighted by molar-refractivity contribution is 7.89. The zero-order chi connectivity index (χ0) is 21.3. The van der Waals surface area contributed by atoms with Crippen molar-refractivity contribution >= 4 is 38.9 Å². The predicted octanol–water partition coefficient (Wildman–Crippen LogP) is 3.27. The minimum Gasteiger partial charge on any atom is -0.338 e. The third-order valence-corrected chi connectivity index (χ3v) is 5.60. The first kappa shape index (κ1) is 19.9. The van der Waals surface area contributed by atoms with Gasteiger partial charge >= 0.3 is 0 Å². The average Bonchev–Trinajstić information content (AvgIpc) is 2.71. The van der Waals surface area contributed by atoms with Gasteiger partial charge in [-0.05, 0) is 48.7 Å². The number of benzene rings is 2. The average molecular weight is 427 g/mol. The summed E-state index contributed by atoms with van der Waals surface area (Å²) in [7, 11) is -3.87. The predicted molar refractivity (Wildman–Crippen MR) is 110 cm³/mol. The van der Waals surface area contributed by atoms with Crippen molar-refractivity contribution in [1.82, 2.24) is 9.97 Å². The van der Waals surface area contributed by atoms with Gasteiger partial charge in [0.1, 0.15) is 0 Å². The fourth-order valence-electron chi connectivity index (χ4n) is 3.24. The fraction of sp³-hybridized carbons (Fsp3) is 0.150. The van der Waals surface area contributed by atoms with E-state index in [4.69, 9.17) is 5.14 Å². The van der Waals surface area contributed by atoms with E-state index < -0.39 is 15.8 Å². The number of halogens is 1. The number of rotatable bonds is 5. The largest absolute Gasteiger partial charge is 0.338 e. The van der Waals surface area contributed by atoms with E-state index in [-0.39, 0.29) is 22.4 Å². The summed E-state index contributed by atoms with van der Waals surface area (Å²) in [5.41, 5.74) is 2.53. The molecule has 154 valence electrons. The third-order valence-electron chi connectivity index (χ3n) is 4.69. The summed E-state index contributed by atoms with van der Waals surface area (Å²) in [5, 5.41) is 10.8. The zero-order valence-corrected chi connectivity index (χ0v) is 16.5. The highest BCUT2D eigenvalue weighted by atomic mass is 32.2. The van der Waals surface area contributed by atoms with Crippen LogP contribution in [-0.2, 0) is 16.4 Å². The maximum Gasteiger partial charge on any atom is 0.238 e. The van der Waals surface area contributed by atoms with Gasteiger partial charge in [-0.25, -0.2) is 22.9 Å². The SMILES string of the molecule is NS(=O)(=O)c1cccc(Nc2ncc(F)c(Nc3ccc4c(c3)C(=O)CCC4)n2)c1. The number of sulfonamides is 1. The molecule has 0 saturated carbocycles. The highest BCUT2D eigenvalue weighted by Crippen LogP contribution is 2.27. The van der Waals surface area contributed by atoms with Gasteiger partial charge < -0.3 is 10.6 Å². The normalized spacial score (nSPS) is 13.6. The van der Waals surface area contributed by atoms with Crippen molar-refractivity contribution in [1.29, 1.82) is 0 Å². The van der Waals surface area contributed by atoms with Crippen molar-refractivity contribution in [2.75, 3.05) is 10.6 Å². The quantitative estimate of drug-likeness (QED) is 0.570. The van der Waals surface area contributed by atoms with Gasteiger partial charge in [-0.2, -0.15) is 4.98 Å². The number of Topliss-reactive ketones (excluding diaryl/α,β-unsaturated/α-hetero) is 1. The first-order valence-electron chi connectivity index (χ1n) is 9.15. The van der Waals surface area contributed by atoms with Crippen LogP contribution >= 0.6 is 0 Å². The Balaban J connectivity index is 1.59. The number of fused-ring (bicyclic) bond motifs is 1. The molecular formula is C20H18FN5O3S. The van der Waals surface area contributed by atoms with Crippen LogP contribution in [0.5, 0.6) is 0 Å². The molecule has 1 aliphatic carbocycles. The van der Waals surface area contributed by atoms with E-state index in [0.717, 1.165) is 24.6 Å². The fourth-order valence-corrected chi connectivity index (χ4v) is 3.80. The van der Waals surface area contributed by atoms with Crippen molar-refractivity contribution in [3.8, 4) is 0 Å². The summed E-state index contributed by atoms with van der Waals surface area (Å²) in [4.78, 5) is 20.0. The lowest BCUT2D eigenvalue weighted by molar-refractivity contribution is 0.0972. The topological polar surface area (TPSA) is 127 Å². The molecule has 0 amide bonds. The number of anilines is 4. The molecule has 0 unspecified atom stereocenters. The van der Waals surface area contributed by atoms with Gasteiger partial charge in [0.2, 0.25) is 16.0 Å². The lowest BCUT2D eigenvalue weighted by Gasteiger charge is -2.16. The number of ketones is 1. The second kappa shape index (κ2) is 7.81. The van der Waals surface area contributed by atoms with Gasteiger partial charge in [0.05, 0.1) is 11.1 Å². The lowest BCUT2D eigenvalue weighted by atomic mass is 9.90. The molecule has 1 heterocycles. The number of carbonyl (C=O) groups excluding carboxylic acids is 1. The van der Waals surface area contributed by atoms with Gasteiger partial charge in [-0.1, -0.05) is 12.1 Å². The Morgan fingerprint density at radius 3 is 2.63 bits per heavy atom. The molecule has 2 aromatic carbocycles. The summed E-state index contributed by atoms with van der Waals surface area (Å²) < 4.78 is 37.3. The van der Waals surface area contributed by atoms with E-state index >= 15 is 0 Å². The Bertz CT molecular complexity index is 1250. The summed E-state index contributed by atoms with van der Waals surface area (Å²) >= 11 is 0. The number of hydrogen-bond acceptors (Lipinski definition) is 7. The molecule has 30 heavy (non-hydrogen) atoms. The minimum absolute atomic E-state index is 0.0551. The molecule has 0 saturated heterocycles. The van der Waals surface area contributed by atoms with Crippen LogP contribution in [0.2, 0.25) is 0 Å². The first-order valence-corrected chi connectivity index (χ1v) is 10.7. The molecule has 4 N–H and O–H groups in total. The van der Waals surface area contributed by atoms with Gasteiger partial charge in [-0.3, -0.25) is 4.79 Å². The molecule has 0 aliphatic heterocycles. The summed E-state index contributed by atoms with van der Waals surface area (Å²) in [6.07, 6.45) is 3.17. The molecule has 0 spiro atoms. The standard InChI is InChI=1S/C20H18FN5O3S/c21-17-11-23-20(25-13-4-2-5-15(9-13)30(22,28)29)26-19(17)24-14-8-7-12-3-1-6-18(27)16(12)10-14/h2,4-5,7-11H,1,3,6H2,(H2,22,28,29)(H2,23,24,25,26). The van der Waals surface area contributed by atoms with E-state index in [9.17, 15) is 17.6 Å². The maximum atomic E-state index is 14.3. The number of primary sulfonamides is 1. The van der Waals surface area contributed by atoms with Crippen molar-refractivity contribution in [2.45, 2.75) is 24.2 Å². The van der Waals surface area contributed by atoms with Gasteiger partial charge in [-0.15, -0.1) is 0 Å². The van der Waals surface area contributed by atoms with Gasteiger partial charge in [0, 0.05) is 23.4 Å². The molecule has 3 aromatic rings. The number of nitrogens with two attached hydrogens (primary N) is 1. The Labute approximate surface area is 172 Å². The Kier molecular flexibility index (Phi) is 5.18. The second-order valence-electron chi connectivity index (χ2n) is 6.86. The van der Waals surface area contributed by atoms with Gasteiger partial charge in [0.15, 0.2) is 17.4 Å². The summed E-state index contributed by atoms with van der Waals surface area (Å²) in [6, 6.07) is 11.1. The third kappa shape index (κ3) is 4.29. The lowest BCUT2D eigenvalue weighted by Crippen LogP contribution is -2.12. The second-order valence-corrected chi connectivity index (χ2v) is 8.42. The van der Waals surface area contributed by atoms with Crippen LogP contribution in [0.25, 0.3) is 0 Å². The Morgan fingerprint density at radius 1 is 1.03 bits per heavy atom. The van der Waals surface area contributed by atoms with Crippen molar-refractivity contribution in [3.63, 3.8) is 0 Å². The highest BCUT2D eigenvalue weighted by Gasteiger charge is 2.18. The number of nitrogens with one attached hydrogen (secondary N) is 2. The molecule has 0 bridgehead atoms. The molecular weight excluding hydrogens is 409 g/mol. The zero-order valence-electron chi connectivity index (χ0n) is 15.7. The van der Waals surface area contributed by atoms with Crippen molar-refractivity contribution < 1.29 is 17.6 Å². The first-order chi connectivity index (χ1) is 14.3. The molecule has 1 aromatic heterocycles. The van der Waals surface area contributed by atoms with Crippen molar-refractivity contribution in [3.05, 3.63) is 65.6 Å². The van der Waals surface area contributed by atoms with E-state index in [1.165, 1.54) is 18.2 Å². The number of nitrogens with zero attached hydrogens (tertiary/aromatic N) is 2. The van der Waals surface area contributed by atoms with Crippen LogP contribution in [-0.4, -0.2) is 24.2 Å². The monoisotopic (exact) mass is 427 g/mol. The van der Waals surface area contributed by atoms with Gasteiger partial charge in [0.25, 0.3) is 0 Å².